The molecule has 9 rings (SSSR count). The molecule has 0 aromatic heterocycles. The summed E-state index contributed by atoms with van der Waals surface area (Å²) in [6.07, 6.45) is -8.50. The maximum Gasteiger partial charge on any atom is 0.187 e. The standard InChI is InChI=1S/C62H72O14/c1-7-19-47(20-8-1)39-66-45-53-55(70-41-49-23-11-3-12-24-49)57-60(72-43-51-27-15-5-16-28-51)62(75-53)76-56-54(46-67-40-48-21-9-2-10-22-48)74-61(73-44-52-29-17-6-18-30-52)59(71-42-50-25-13-4-14-26-50)58(56)69-38-36-65-34-32-63-31-33-64-35-37-68-57/h1-30,53-62H,31-46H2/t53-,54-,55+,56-,57+,58+,59-,60-,61-,62+/m1/s1. The van der Waals surface area contributed by atoms with Gasteiger partial charge in [0.1, 0.15) is 48.8 Å². The Hall–Kier alpha value is -5.24. The molecule has 14 nitrogen and oxygen atoms in total. The first-order chi connectivity index (χ1) is 37.7. The predicted octanol–water partition coefficient (Wildman–Crippen LogP) is 9.06. The van der Waals surface area contributed by atoms with Gasteiger partial charge < -0.3 is 66.3 Å². The molecule has 2 bridgehead atoms. The summed E-state index contributed by atoms with van der Waals surface area (Å²) in [5.74, 6) is 0. The summed E-state index contributed by atoms with van der Waals surface area (Å²) in [5, 5.41) is 0. The third-order valence-electron chi connectivity index (χ3n) is 13.2. The van der Waals surface area contributed by atoms with E-state index in [9.17, 15) is 0 Å². The molecule has 6 aromatic carbocycles. The Bertz CT molecular complexity index is 2440. The van der Waals surface area contributed by atoms with Gasteiger partial charge in [-0.2, -0.15) is 0 Å². The predicted molar refractivity (Wildman–Crippen MR) is 283 cm³/mol. The molecule has 3 aliphatic heterocycles. The molecule has 10 atom stereocenters. The van der Waals surface area contributed by atoms with Crippen LogP contribution in [0, 0.1) is 0 Å². The van der Waals surface area contributed by atoms with Gasteiger partial charge in [-0.3, -0.25) is 0 Å². The third-order valence-corrected chi connectivity index (χ3v) is 13.2. The second-order valence-electron chi connectivity index (χ2n) is 18.8. The van der Waals surface area contributed by atoms with E-state index in [1.54, 1.807) is 0 Å². The number of fused-ring (bicyclic) bond motifs is 3. The van der Waals surface area contributed by atoms with E-state index < -0.39 is 61.4 Å². The first-order valence-electron chi connectivity index (χ1n) is 26.5. The van der Waals surface area contributed by atoms with Gasteiger partial charge >= 0.3 is 0 Å². The van der Waals surface area contributed by atoms with E-state index in [0.29, 0.717) is 39.6 Å². The van der Waals surface area contributed by atoms with Gasteiger partial charge in [0.25, 0.3) is 0 Å². The largest absolute Gasteiger partial charge is 0.377 e. The quantitative estimate of drug-likeness (QED) is 0.0721. The fourth-order valence-electron chi connectivity index (χ4n) is 9.34. The second kappa shape index (κ2) is 31.2. The molecular weight excluding hydrogens is 969 g/mol. The van der Waals surface area contributed by atoms with E-state index in [-0.39, 0.29) is 66.1 Å². The highest BCUT2D eigenvalue weighted by Crippen LogP contribution is 2.37. The average molecular weight is 1040 g/mol. The Kier molecular flexibility index (Phi) is 22.8. The van der Waals surface area contributed by atoms with Gasteiger partial charge in [0.15, 0.2) is 12.6 Å². The molecule has 14 heteroatoms. The highest BCUT2D eigenvalue weighted by molar-refractivity contribution is 5.18. The minimum atomic E-state index is -1.11. The zero-order valence-electron chi connectivity index (χ0n) is 43.1. The smallest absolute Gasteiger partial charge is 0.187 e. The third kappa shape index (κ3) is 17.4. The van der Waals surface area contributed by atoms with Crippen LogP contribution in [-0.2, 0) is 106 Å². The Balaban J connectivity index is 1.11. The molecule has 76 heavy (non-hydrogen) atoms. The minimum Gasteiger partial charge on any atom is -0.377 e. The molecule has 3 heterocycles. The maximum absolute atomic E-state index is 7.51. The number of rotatable bonds is 20. The van der Waals surface area contributed by atoms with Crippen LogP contribution < -0.4 is 0 Å². The lowest BCUT2D eigenvalue weighted by Gasteiger charge is -2.50. The second-order valence-corrected chi connectivity index (χ2v) is 18.8. The summed E-state index contributed by atoms with van der Waals surface area (Å²) >= 11 is 0. The highest BCUT2D eigenvalue weighted by atomic mass is 16.8. The number of benzene rings is 6. The van der Waals surface area contributed by atoms with Crippen LogP contribution in [0.25, 0.3) is 0 Å². The van der Waals surface area contributed by atoms with Crippen molar-refractivity contribution in [2.24, 2.45) is 0 Å². The maximum atomic E-state index is 7.51. The van der Waals surface area contributed by atoms with Crippen LogP contribution in [-0.4, -0.2) is 127 Å². The van der Waals surface area contributed by atoms with Crippen LogP contribution in [0.2, 0.25) is 0 Å². The van der Waals surface area contributed by atoms with Crippen LogP contribution in [0.5, 0.6) is 0 Å². The van der Waals surface area contributed by atoms with E-state index in [4.69, 9.17) is 66.3 Å². The van der Waals surface area contributed by atoms with Gasteiger partial charge in [-0.15, -0.1) is 0 Å². The van der Waals surface area contributed by atoms with Crippen LogP contribution in [0.15, 0.2) is 182 Å². The molecule has 3 fully saturated rings. The first kappa shape index (κ1) is 55.5. The lowest BCUT2D eigenvalue weighted by Crippen LogP contribution is -2.66. The molecule has 6 aromatic rings. The highest BCUT2D eigenvalue weighted by Gasteiger charge is 2.54. The number of ether oxygens (including phenoxy) is 14. The lowest BCUT2D eigenvalue weighted by atomic mass is 9.95. The van der Waals surface area contributed by atoms with E-state index in [2.05, 4.69) is 0 Å². The number of hydrogen-bond donors (Lipinski definition) is 0. The number of hydrogen-bond acceptors (Lipinski definition) is 14. The van der Waals surface area contributed by atoms with Crippen molar-refractivity contribution in [1.29, 1.82) is 0 Å². The molecule has 404 valence electrons. The van der Waals surface area contributed by atoms with Gasteiger partial charge in [-0.1, -0.05) is 182 Å². The summed E-state index contributed by atoms with van der Waals surface area (Å²) in [7, 11) is 0. The molecule has 0 N–H and O–H groups in total. The fraction of sp³-hybridized carbons (Fsp3) is 0.419. The summed E-state index contributed by atoms with van der Waals surface area (Å²) in [6.45, 7) is 4.30. The van der Waals surface area contributed by atoms with Gasteiger partial charge in [-0.25, -0.2) is 0 Å². The van der Waals surface area contributed by atoms with Gasteiger partial charge in [0.2, 0.25) is 0 Å². The first-order valence-corrected chi connectivity index (χ1v) is 26.5. The molecular formula is C62H72O14. The Morgan fingerprint density at radius 2 is 0.658 bits per heavy atom. The minimum absolute atomic E-state index is 0.0931. The summed E-state index contributed by atoms with van der Waals surface area (Å²) < 4.78 is 94.6. The van der Waals surface area contributed by atoms with E-state index in [1.165, 1.54) is 0 Å². The molecule has 3 saturated heterocycles. The monoisotopic (exact) mass is 1040 g/mol. The van der Waals surface area contributed by atoms with E-state index in [1.807, 2.05) is 182 Å². The Morgan fingerprint density at radius 1 is 0.303 bits per heavy atom. The van der Waals surface area contributed by atoms with Crippen molar-refractivity contribution in [3.05, 3.63) is 215 Å². The van der Waals surface area contributed by atoms with Crippen molar-refractivity contribution >= 4 is 0 Å². The van der Waals surface area contributed by atoms with Crippen LogP contribution in [0.4, 0.5) is 0 Å². The van der Waals surface area contributed by atoms with Crippen molar-refractivity contribution in [3.8, 4) is 0 Å². The topological polar surface area (TPSA) is 129 Å². The normalized spacial score (nSPS) is 26.1. The van der Waals surface area contributed by atoms with E-state index >= 15 is 0 Å². The molecule has 0 saturated carbocycles. The molecule has 0 aliphatic carbocycles. The fourth-order valence-corrected chi connectivity index (χ4v) is 9.34. The SMILES string of the molecule is c1ccc(COC[C@H]2O[C@H]3O[C@H]4[C@H](OCCOCCOCCOCCO[C@@H]([C@H]2OCc2ccccc2)[C@H]3OCc2ccccc2)[C@@H](OCc2ccccc2)[C@H](OCc2ccccc2)O[C@@H]4COCc2ccccc2)cc1. The van der Waals surface area contributed by atoms with Crippen LogP contribution in [0.1, 0.15) is 33.4 Å². The average Bonchev–Trinajstić information content (AvgIpc) is 3.50. The van der Waals surface area contributed by atoms with Crippen LogP contribution in [0.3, 0.4) is 0 Å². The van der Waals surface area contributed by atoms with Crippen molar-refractivity contribution < 1.29 is 66.3 Å². The van der Waals surface area contributed by atoms with Crippen molar-refractivity contribution in [2.45, 2.75) is 101 Å². The van der Waals surface area contributed by atoms with Crippen molar-refractivity contribution in [3.63, 3.8) is 0 Å². The summed E-state index contributed by atoms with van der Waals surface area (Å²) in [5.41, 5.74) is 5.88. The zero-order valence-corrected chi connectivity index (χ0v) is 43.1. The zero-order chi connectivity index (χ0) is 51.7. The van der Waals surface area contributed by atoms with Gasteiger partial charge in [-0.05, 0) is 33.4 Å². The van der Waals surface area contributed by atoms with Crippen molar-refractivity contribution in [1.82, 2.24) is 0 Å². The lowest BCUT2D eigenvalue weighted by molar-refractivity contribution is -0.377. The van der Waals surface area contributed by atoms with Crippen LogP contribution >= 0.6 is 0 Å². The van der Waals surface area contributed by atoms with E-state index in [0.717, 1.165) is 33.4 Å². The molecule has 0 unspecified atom stereocenters. The summed E-state index contributed by atoms with van der Waals surface area (Å²) in [4.78, 5) is 0. The molecule has 0 spiro atoms. The van der Waals surface area contributed by atoms with Crippen molar-refractivity contribution in [2.75, 3.05) is 66.1 Å². The molecule has 3 aliphatic rings. The Labute approximate surface area is 447 Å². The van der Waals surface area contributed by atoms with Gasteiger partial charge in [0.05, 0.1) is 106 Å². The summed E-state index contributed by atoms with van der Waals surface area (Å²) in [6, 6.07) is 60.0. The Morgan fingerprint density at radius 3 is 1.11 bits per heavy atom. The van der Waals surface area contributed by atoms with Gasteiger partial charge in [0, 0.05) is 0 Å². The molecule has 0 radical (unpaired) electrons. The molecule has 0 amide bonds.